The summed E-state index contributed by atoms with van der Waals surface area (Å²) >= 11 is 0. The number of esters is 2. The van der Waals surface area contributed by atoms with Gasteiger partial charge in [0, 0.05) is 6.54 Å². The van der Waals surface area contributed by atoms with Crippen LogP contribution in [0.5, 0.6) is 0 Å². The van der Waals surface area contributed by atoms with Crippen molar-refractivity contribution in [1.29, 1.82) is 0 Å². The minimum atomic E-state index is -1.22. The molecular formula is C17H30N2O8. The Morgan fingerprint density at radius 1 is 0.889 bits per heavy atom. The lowest BCUT2D eigenvalue weighted by Crippen LogP contribution is -2.40. The van der Waals surface area contributed by atoms with Crippen LogP contribution in [0.15, 0.2) is 0 Å². The van der Waals surface area contributed by atoms with Gasteiger partial charge in [-0.2, -0.15) is 0 Å². The molecule has 0 fully saturated rings. The second kappa shape index (κ2) is 14.9. The topological polar surface area (TPSA) is 151 Å². The van der Waals surface area contributed by atoms with Crippen LogP contribution in [0.2, 0.25) is 0 Å². The van der Waals surface area contributed by atoms with Crippen molar-refractivity contribution in [3.63, 3.8) is 0 Å². The molecule has 0 aliphatic heterocycles. The van der Waals surface area contributed by atoms with E-state index in [1.807, 2.05) is 0 Å². The predicted molar refractivity (Wildman–Crippen MR) is 95.2 cm³/mol. The van der Waals surface area contributed by atoms with Crippen LogP contribution >= 0.6 is 0 Å². The summed E-state index contributed by atoms with van der Waals surface area (Å²) < 4.78 is 9.82. The van der Waals surface area contributed by atoms with Crippen molar-refractivity contribution in [3.8, 4) is 0 Å². The molecule has 0 aromatic carbocycles. The maximum absolute atomic E-state index is 12.0. The van der Waals surface area contributed by atoms with Crippen LogP contribution in [-0.2, 0) is 28.7 Å². The summed E-state index contributed by atoms with van der Waals surface area (Å²) in [6.45, 7) is 4.54. The van der Waals surface area contributed by atoms with E-state index in [1.54, 1.807) is 13.8 Å². The summed E-state index contributed by atoms with van der Waals surface area (Å²) in [5.74, 6) is -3.18. The number of ether oxygens (including phenoxy) is 2. The van der Waals surface area contributed by atoms with Gasteiger partial charge in [-0.3, -0.25) is 19.2 Å². The lowest BCUT2D eigenvalue weighted by atomic mass is 10.1. The lowest BCUT2D eigenvalue weighted by molar-refractivity contribution is -0.147. The molecule has 0 saturated carbocycles. The third kappa shape index (κ3) is 12.7. The highest BCUT2D eigenvalue weighted by Gasteiger charge is 2.21. The molecule has 1 unspecified atom stereocenters. The summed E-state index contributed by atoms with van der Waals surface area (Å²) in [6, 6.07) is -1.72. The SMILES string of the molecule is CCOC(=O)CCNC(CCCCN[C@@H](CC(=O)O)C(=O)O)C(=O)OCC. The van der Waals surface area contributed by atoms with Crippen LogP contribution in [0.1, 0.15) is 46.0 Å². The van der Waals surface area contributed by atoms with Crippen LogP contribution in [0.4, 0.5) is 0 Å². The molecule has 10 nitrogen and oxygen atoms in total. The third-order valence-corrected chi connectivity index (χ3v) is 3.58. The smallest absolute Gasteiger partial charge is 0.323 e. The first kappa shape index (κ1) is 24.8. The summed E-state index contributed by atoms with van der Waals surface area (Å²) in [5.41, 5.74) is 0. The number of carboxylic acid groups (broad SMARTS) is 2. The number of carboxylic acids is 2. The van der Waals surface area contributed by atoms with Crippen molar-refractivity contribution in [1.82, 2.24) is 10.6 Å². The Hall–Kier alpha value is -2.20. The van der Waals surface area contributed by atoms with Gasteiger partial charge in [0.1, 0.15) is 12.1 Å². The molecule has 0 aliphatic rings. The highest BCUT2D eigenvalue weighted by Crippen LogP contribution is 2.04. The number of rotatable bonds is 16. The first-order valence-corrected chi connectivity index (χ1v) is 9.05. The molecule has 0 radical (unpaired) electrons. The quantitative estimate of drug-likeness (QED) is 0.212. The fourth-order valence-electron chi connectivity index (χ4n) is 2.30. The highest BCUT2D eigenvalue weighted by molar-refractivity contribution is 5.80. The van der Waals surface area contributed by atoms with E-state index in [4.69, 9.17) is 19.7 Å². The zero-order chi connectivity index (χ0) is 20.7. The number of carbonyl (C=O) groups excluding carboxylic acids is 2. The van der Waals surface area contributed by atoms with E-state index in [0.717, 1.165) is 0 Å². The maximum Gasteiger partial charge on any atom is 0.323 e. The van der Waals surface area contributed by atoms with E-state index in [1.165, 1.54) is 0 Å². The van der Waals surface area contributed by atoms with Gasteiger partial charge in [-0.15, -0.1) is 0 Å². The second-order valence-electron chi connectivity index (χ2n) is 5.75. The lowest BCUT2D eigenvalue weighted by Gasteiger charge is -2.17. The van der Waals surface area contributed by atoms with Gasteiger partial charge in [0.2, 0.25) is 0 Å². The molecule has 0 amide bonds. The minimum Gasteiger partial charge on any atom is -0.481 e. The Bertz CT molecular complexity index is 484. The molecule has 156 valence electrons. The van der Waals surface area contributed by atoms with E-state index in [2.05, 4.69) is 10.6 Å². The number of aliphatic carboxylic acids is 2. The van der Waals surface area contributed by atoms with Crippen molar-refractivity contribution in [2.75, 3.05) is 26.3 Å². The normalized spacial score (nSPS) is 12.8. The number of hydrogen-bond donors (Lipinski definition) is 4. The van der Waals surface area contributed by atoms with Crippen LogP contribution in [0.3, 0.4) is 0 Å². The molecule has 0 rings (SSSR count). The molecule has 4 N–H and O–H groups in total. The summed E-state index contributed by atoms with van der Waals surface area (Å²) in [5, 5.41) is 23.3. The zero-order valence-corrected chi connectivity index (χ0v) is 15.9. The first-order valence-electron chi connectivity index (χ1n) is 9.05. The molecule has 27 heavy (non-hydrogen) atoms. The van der Waals surface area contributed by atoms with Crippen molar-refractivity contribution < 1.29 is 38.9 Å². The number of nitrogens with one attached hydrogen (secondary N) is 2. The molecule has 0 spiro atoms. The van der Waals surface area contributed by atoms with Crippen molar-refractivity contribution in [2.24, 2.45) is 0 Å². The average molecular weight is 390 g/mol. The van der Waals surface area contributed by atoms with Gasteiger partial charge in [-0.1, -0.05) is 6.42 Å². The van der Waals surface area contributed by atoms with E-state index >= 15 is 0 Å². The largest absolute Gasteiger partial charge is 0.481 e. The summed E-state index contributed by atoms with van der Waals surface area (Å²) in [7, 11) is 0. The van der Waals surface area contributed by atoms with Crippen molar-refractivity contribution in [3.05, 3.63) is 0 Å². The molecule has 0 bridgehead atoms. The number of unbranched alkanes of at least 4 members (excludes halogenated alkanes) is 1. The molecule has 0 saturated heterocycles. The molecule has 0 aliphatic carbocycles. The summed E-state index contributed by atoms with van der Waals surface area (Å²) in [4.78, 5) is 44.9. The highest BCUT2D eigenvalue weighted by atomic mass is 16.5. The Labute approximate surface area is 158 Å². The Balaban J connectivity index is 4.27. The van der Waals surface area contributed by atoms with Gasteiger partial charge in [-0.05, 0) is 33.2 Å². The summed E-state index contributed by atoms with van der Waals surface area (Å²) in [6.07, 6.45) is 1.22. The standard InChI is InChI=1S/C17H30N2O8/c1-3-26-15(22)8-10-19-12(17(25)27-4-2)7-5-6-9-18-13(16(23)24)11-14(20)21/h12-13,18-19H,3-11H2,1-2H3,(H,20,21)(H,23,24)/t12?,13-/m0/s1. The van der Waals surface area contributed by atoms with E-state index in [0.29, 0.717) is 32.4 Å². The Morgan fingerprint density at radius 2 is 1.52 bits per heavy atom. The fraction of sp³-hybridized carbons (Fsp3) is 0.765. The van der Waals surface area contributed by atoms with Crippen LogP contribution in [0.25, 0.3) is 0 Å². The monoisotopic (exact) mass is 390 g/mol. The predicted octanol–water partition coefficient (Wildman–Crippen LogP) is 0.149. The number of hydrogen-bond acceptors (Lipinski definition) is 8. The fourth-order valence-corrected chi connectivity index (χ4v) is 2.30. The van der Waals surface area contributed by atoms with Crippen molar-refractivity contribution in [2.45, 2.75) is 58.0 Å². The molecule has 0 aromatic rings. The van der Waals surface area contributed by atoms with Crippen LogP contribution in [0, 0.1) is 0 Å². The van der Waals surface area contributed by atoms with Crippen molar-refractivity contribution >= 4 is 23.9 Å². The average Bonchev–Trinajstić information content (AvgIpc) is 2.58. The molecule has 10 heteroatoms. The van der Waals surface area contributed by atoms with Gasteiger partial charge in [0.15, 0.2) is 0 Å². The van der Waals surface area contributed by atoms with Gasteiger partial charge < -0.3 is 30.3 Å². The van der Waals surface area contributed by atoms with Crippen LogP contribution in [-0.4, -0.2) is 72.5 Å². The zero-order valence-electron chi connectivity index (χ0n) is 15.9. The van der Waals surface area contributed by atoms with E-state index < -0.39 is 36.4 Å². The Morgan fingerprint density at radius 3 is 2.07 bits per heavy atom. The Kier molecular flexibility index (Phi) is 13.7. The van der Waals surface area contributed by atoms with E-state index in [9.17, 15) is 19.2 Å². The van der Waals surface area contributed by atoms with Gasteiger partial charge >= 0.3 is 23.9 Å². The molecule has 0 heterocycles. The second-order valence-corrected chi connectivity index (χ2v) is 5.75. The van der Waals surface area contributed by atoms with Gasteiger partial charge in [-0.25, -0.2) is 0 Å². The van der Waals surface area contributed by atoms with Gasteiger partial charge in [0.25, 0.3) is 0 Å². The van der Waals surface area contributed by atoms with Crippen LogP contribution < -0.4 is 10.6 Å². The first-order chi connectivity index (χ1) is 12.8. The minimum absolute atomic E-state index is 0.140. The third-order valence-electron chi connectivity index (χ3n) is 3.58. The molecule has 2 atom stereocenters. The molecule has 0 aromatic heterocycles. The maximum atomic E-state index is 12.0. The van der Waals surface area contributed by atoms with E-state index in [-0.39, 0.29) is 25.5 Å². The van der Waals surface area contributed by atoms with Gasteiger partial charge in [0.05, 0.1) is 26.1 Å². The number of carbonyl (C=O) groups is 4. The molecular weight excluding hydrogens is 360 g/mol.